The highest BCUT2D eigenvalue weighted by Gasteiger charge is 2.38. The van der Waals surface area contributed by atoms with Gasteiger partial charge in [0.1, 0.15) is 0 Å². The lowest BCUT2D eigenvalue weighted by Crippen LogP contribution is -2.29. The number of aromatic nitrogens is 1. The van der Waals surface area contributed by atoms with Crippen molar-refractivity contribution in [3.63, 3.8) is 0 Å². The van der Waals surface area contributed by atoms with Gasteiger partial charge in [0.05, 0.1) is 5.56 Å². The smallest absolute Gasteiger partial charge is 0.361 e. The van der Waals surface area contributed by atoms with Crippen molar-refractivity contribution in [1.29, 1.82) is 0 Å². The summed E-state index contributed by atoms with van der Waals surface area (Å²) in [6.07, 6.45) is 3.60. The number of aromatic amines is 1. The van der Waals surface area contributed by atoms with E-state index >= 15 is 0 Å². The average Bonchev–Trinajstić information content (AvgIpc) is 3.04. The molecule has 158 valence electrons. The van der Waals surface area contributed by atoms with Crippen LogP contribution in [0.1, 0.15) is 73.6 Å². The zero-order valence-corrected chi connectivity index (χ0v) is 17.5. The quantitative estimate of drug-likeness (QED) is 0.450. The van der Waals surface area contributed by atoms with Gasteiger partial charge in [0.15, 0.2) is 0 Å². The maximum absolute atomic E-state index is 12.7. The van der Waals surface area contributed by atoms with Gasteiger partial charge < -0.3 is 4.98 Å². The van der Waals surface area contributed by atoms with Crippen LogP contribution in [-0.2, 0) is 12.6 Å². The summed E-state index contributed by atoms with van der Waals surface area (Å²) in [6.45, 7) is 4.68. The zero-order chi connectivity index (χ0) is 21.1. The molecule has 5 rings (SSSR count). The highest BCUT2D eigenvalue weighted by molar-refractivity contribution is 5.84. The third-order valence-corrected chi connectivity index (χ3v) is 7.29. The summed E-state index contributed by atoms with van der Waals surface area (Å²) in [4.78, 5) is 3.44. The summed E-state index contributed by atoms with van der Waals surface area (Å²) in [5.74, 6) is 1.66. The van der Waals surface area contributed by atoms with Crippen LogP contribution in [0, 0.1) is 11.3 Å². The van der Waals surface area contributed by atoms with Gasteiger partial charge >= 0.3 is 6.18 Å². The predicted molar refractivity (Wildman–Crippen MR) is 115 cm³/mol. The molecule has 0 spiro atoms. The molecule has 0 amide bonds. The SMILES string of the molecule is CC1(C)CC(c2c[nH]c3ccc(CC4CC(c5ccc(C(F)(F)F)cc5)C4)cc23)C1. The van der Waals surface area contributed by atoms with Crippen LogP contribution in [0.5, 0.6) is 0 Å². The first kappa shape index (κ1) is 19.7. The minimum absolute atomic E-state index is 0.390. The minimum Gasteiger partial charge on any atom is -0.361 e. The third-order valence-electron chi connectivity index (χ3n) is 7.29. The number of halogens is 3. The Bertz CT molecular complexity index is 1040. The van der Waals surface area contributed by atoms with Crippen molar-refractivity contribution < 1.29 is 13.2 Å². The summed E-state index contributed by atoms with van der Waals surface area (Å²) < 4.78 is 38.2. The van der Waals surface area contributed by atoms with Crippen LogP contribution in [0.4, 0.5) is 13.2 Å². The minimum atomic E-state index is -4.26. The van der Waals surface area contributed by atoms with E-state index in [4.69, 9.17) is 0 Å². The maximum atomic E-state index is 12.7. The van der Waals surface area contributed by atoms with Gasteiger partial charge in [-0.2, -0.15) is 13.2 Å². The van der Waals surface area contributed by atoms with E-state index in [9.17, 15) is 13.2 Å². The first-order valence-electron chi connectivity index (χ1n) is 10.9. The second-order valence-corrected chi connectivity index (χ2v) is 10.3. The molecule has 0 bridgehead atoms. The van der Waals surface area contributed by atoms with Gasteiger partial charge in [-0.3, -0.25) is 0 Å². The number of rotatable bonds is 4. The molecule has 1 heterocycles. The van der Waals surface area contributed by atoms with Crippen LogP contribution in [0.2, 0.25) is 0 Å². The Morgan fingerprint density at radius 1 is 0.967 bits per heavy atom. The number of H-pyrrole nitrogens is 1. The van der Waals surface area contributed by atoms with Crippen LogP contribution in [0.15, 0.2) is 48.7 Å². The van der Waals surface area contributed by atoms with Crippen molar-refractivity contribution in [3.05, 3.63) is 70.9 Å². The highest BCUT2D eigenvalue weighted by atomic mass is 19.4. The molecule has 2 aliphatic carbocycles. The van der Waals surface area contributed by atoms with Crippen LogP contribution in [0.25, 0.3) is 10.9 Å². The summed E-state index contributed by atoms with van der Waals surface area (Å²) in [5, 5.41) is 1.37. The normalized spacial score (nSPS) is 23.9. The van der Waals surface area contributed by atoms with Gasteiger partial charge in [0.2, 0.25) is 0 Å². The second-order valence-electron chi connectivity index (χ2n) is 10.3. The van der Waals surface area contributed by atoms with Crippen molar-refractivity contribution in [2.24, 2.45) is 11.3 Å². The molecule has 30 heavy (non-hydrogen) atoms. The Labute approximate surface area is 175 Å². The molecule has 3 aromatic rings. The van der Waals surface area contributed by atoms with Crippen LogP contribution in [-0.4, -0.2) is 4.98 Å². The largest absolute Gasteiger partial charge is 0.416 e. The first-order valence-corrected chi connectivity index (χ1v) is 10.9. The molecule has 0 unspecified atom stereocenters. The molecular weight excluding hydrogens is 383 g/mol. The van der Waals surface area contributed by atoms with Crippen LogP contribution in [0.3, 0.4) is 0 Å². The number of hydrogen-bond donors (Lipinski definition) is 1. The molecule has 1 N–H and O–H groups in total. The molecule has 0 saturated heterocycles. The summed E-state index contributed by atoms with van der Waals surface area (Å²) in [6, 6.07) is 12.5. The molecule has 2 aliphatic rings. The molecule has 2 saturated carbocycles. The van der Waals surface area contributed by atoms with Crippen molar-refractivity contribution in [2.45, 2.75) is 64.0 Å². The van der Waals surface area contributed by atoms with E-state index in [-0.39, 0.29) is 0 Å². The lowest BCUT2D eigenvalue weighted by Gasteiger charge is -2.42. The Morgan fingerprint density at radius 3 is 2.30 bits per heavy atom. The molecule has 2 aromatic carbocycles. The summed E-state index contributed by atoms with van der Waals surface area (Å²) in [5.41, 5.74) is 4.99. The fourth-order valence-electron chi connectivity index (χ4n) is 5.60. The van der Waals surface area contributed by atoms with E-state index in [1.165, 1.54) is 47.0 Å². The lowest BCUT2D eigenvalue weighted by atomic mass is 9.62. The molecule has 0 aliphatic heterocycles. The fraction of sp³-hybridized carbons (Fsp3) is 0.462. The van der Waals surface area contributed by atoms with E-state index in [0.29, 0.717) is 23.2 Å². The summed E-state index contributed by atoms with van der Waals surface area (Å²) >= 11 is 0. The Balaban J connectivity index is 1.23. The molecule has 1 aromatic heterocycles. The molecule has 4 heteroatoms. The second kappa shape index (κ2) is 6.90. The molecular formula is C26H28F3N. The van der Waals surface area contributed by atoms with Crippen molar-refractivity contribution >= 4 is 10.9 Å². The fourth-order valence-corrected chi connectivity index (χ4v) is 5.60. The van der Waals surface area contributed by atoms with Crippen molar-refractivity contribution in [2.75, 3.05) is 0 Å². The van der Waals surface area contributed by atoms with Crippen molar-refractivity contribution in [1.82, 2.24) is 4.98 Å². The lowest BCUT2D eigenvalue weighted by molar-refractivity contribution is -0.137. The molecule has 0 radical (unpaired) electrons. The molecule has 1 nitrogen and oxygen atoms in total. The van der Waals surface area contributed by atoms with Gasteiger partial charge in [-0.05, 0) is 96.2 Å². The topological polar surface area (TPSA) is 15.8 Å². The Morgan fingerprint density at radius 2 is 1.67 bits per heavy atom. The Kier molecular flexibility index (Phi) is 4.53. The van der Waals surface area contributed by atoms with E-state index in [0.717, 1.165) is 24.8 Å². The molecule has 2 fully saturated rings. The molecule has 0 atom stereocenters. The third kappa shape index (κ3) is 3.66. The Hall–Kier alpha value is -2.23. The van der Waals surface area contributed by atoms with Crippen molar-refractivity contribution in [3.8, 4) is 0 Å². The van der Waals surface area contributed by atoms with Gasteiger partial charge in [0.25, 0.3) is 0 Å². The maximum Gasteiger partial charge on any atom is 0.416 e. The number of nitrogens with one attached hydrogen (secondary N) is 1. The van der Waals surface area contributed by atoms with E-state index < -0.39 is 11.7 Å². The first-order chi connectivity index (χ1) is 14.2. The summed E-state index contributed by atoms with van der Waals surface area (Å²) in [7, 11) is 0. The van der Waals surface area contributed by atoms with Crippen LogP contribution >= 0.6 is 0 Å². The number of fused-ring (bicyclic) bond motifs is 1. The number of alkyl halides is 3. The van der Waals surface area contributed by atoms with E-state index in [1.807, 2.05) is 0 Å². The number of hydrogen-bond acceptors (Lipinski definition) is 0. The zero-order valence-electron chi connectivity index (χ0n) is 17.5. The number of benzene rings is 2. The van der Waals surface area contributed by atoms with Gasteiger partial charge in [0, 0.05) is 17.1 Å². The van der Waals surface area contributed by atoms with Gasteiger partial charge in [-0.1, -0.05) is 32.0 Å². The standard InChI is InChI=1S/C26H28F3N/c1-25(2)13-20(14-25)23-15-30-24-8-3-16(12-22(23)24)9-17-10-19(11-17)18-4-6-21(7-5-18)26(27,28)29/h3-8,12,15,17,19-20,30H,9-11,13-14H2,1-2H3. The predicted octanol–water partition coefficient (Wildman–Crippen LogP) is 7.83. The highest BCUT2D eigenvalue weighted by Crippen LogP contribution is 2.52. The van der Waals surface area contributed by atoms with E-state index in [2.05, 4.69) is 43.2 Å². The van der Waals surface area contributed by atoms with Gasteiger partial charge in [-0.15, -0.1) is 0 Å². The average molecular weight is 412 g/mol. The van der Waals surface area contributed by atoms with E-state index in [1.54, 1.807) is 12.1 Å². The monoisotopic (exact) mass is 411 g/mol. The van der Waals surface area contributed by atoms with Gasteiger partial charge in [-0.25, -0.2) is 0 Å². The van der Waals surface area contributed by atoms with Crippen LogP contribution < -0.4 is 0 Å².